The van der Waals surface area contributed by atoms with Gasteiger partial charge in [0.1, 0.15) is 11.5 Å². The van der Waals surface area contributed by atoms with E-state index in [1.165, 1.54) is 6.21 Å². The average Bonchev–Trinajstić information content (AvgIpc) is 2.84. The zero-order valence-corrected chi connectivity index (χ0v) is 11.8. The van der Waals surface area contributed by atoms with E-state index < -0.39 is 0 Å². The van der Waals surface area contributed by atoms with Gasteiger partial charge in [-0.1, -0.05) is 0 Å². The minimum absolute atomic E-state index is 0.255. The SMILES string of the molecule is Cc1ccc(C=NNC(=O)c2ccc(N(C)C)cc2)o1. The number of nitrogens with zero attached hydrogens (tertiary/aromatic N) is 2. The summed E-state index contributed by atoms with van der Waals surface area (Å²) >= 11 is 0. The molecule has 20 heavy (non-hydrogen) atoms. The number of rotatable bonds is 4. The van der Waals surface area contributed by atoms with E-state index in [1.807, 2.05) is 44.1 Å². The van der Waals surface area contributed by atoms with Crippen molar-refractivity contribution in [2.45, 2.75) is 6.92 Å². The number of hydrogen-bond acceptors (Lipinski definition) is 4. The van der Waals surface area contributed by atoms with Crippen LogP contribution in [-0.4, -0.2) is 26.2 Å². The summed E-state index contributed by atoms with van der Waals surface area (Å²) in [4.78, 5) is 13.8. The molecular formula is C15H17N3O2. The van der Waals surface area contributed by atoms with Gasteiger partial charge in [-0.3, -0.25) is 4.79 Å². The summed E-state index contributed by atoms with van der Waals surface area (Å²) in [7, 11) is 3.90. The molecule has 0 unspecified atom stereocenters. The van der Waals surface area contributed by atoms with E-state index in [2.05, 4.69) is 10.5 Å². The first-order valence-electron chi connectivity index (χ1n) is 6.23. The number of aryl methyl sites for hydroxylation is 1. The highest BCUT2D eigenvalue weighted by Gasteiger charge is 2.04. The molecule has 2 aromatic rings. The average molecular weight is 271 g/mol. The predicted molar refractivity (Wildman–Crippen MR) is 79.3 cm³/mol. The number of nitrogens with one attached hydrogen (secondary N) is 1. The Bertz CT molecular complexity index is 612. The van der Waals surface area contributed by atoms with Gasteiger partial charge in [0.2, 0.25) is 0 Å². The van der Waals surface area contributed by atoms with Gasteiger partial charge < -0.3 is 9.32 Å². The van der Waals surface area contributed by atoms with Gasteiger partial charge in [0.25, 0.3) is 5.91 Å². The van der Waals surface area contributed by atoms with Gasteiger partial charge in [-0.15, -0.1) is 0 Å². The number of hydrazone groups is 1. The van der Waals surface area contributed by atoms with Crippen LogP contribution in [-0.2, 0) is 0 Å². The normalized spacial score (nSPS) is 10.8. The first-order chi connectivity index (χ1) is 9.56. The third kappa shape index (κ3) is 3.47. The maximum absolute atomic E-state index is 11.9. The van der Waals surface area contributed by atoms with E-state index >= 15 is 0 Å². The molecule has 0 saturated carbocycles. The van der Waals surface area contributed by atoms with Crippen LogP contribution in [0.25, 0.3) is 0 Å². The van der Waals surface area contributed by atoms with Crippen molar-refractivity contribution in [1.29, 1.82) is 0 Å². The molecule has 5 nitrogen and oxygen atoms in total. The lowest BCUT2D eigenvalue weighted by molar-refractivity contribution is 0.0955. The minimum Gasteiger partial charge on any atom is -0.460 e. The molecule has 0 aliphatic heterocycles. The lowest BCUT2D eigenvalue weighted by Crippen LogP contribution is -2.17. The van der Waals surface area contributed by atoms with Crippen LogP contribution in [0.5, 0.6) is 0 Å². The number of carbonyl (C=O) groups excluding carboxylic acids is 1. The summed E-state index contributed by atoms with van der Waals surface area (Å²) in [6, 6.07) is 10.9. The largest absolute Gasteiger partial charge is 0.460 e. The summed E-state index contributed by atoms with van der Waals surface area (Å²) < 4.78 is 5.31. The van der Waals surface area contributed by atoms with Gasteiger partial charge in [-0.05, 0) is 43.3 Å². The monoisotopic (exact) mass is 271 g/mol. The maximum Gasteiger partial charge on any atom is 0.271 e. The fourth-order valence-corrected chi connectivity index (χ4v) is 1.65. The molecule has 0 aliphatic carbocycles. The molecule has 0 spiro atoms. The van der Waals surface area contributed by atoms with Crippen LogP contribution in [0.4, 0.5) is 5.69 Å². The van der Waals surface area contributed by atoms with Crippen molar-refractivity contribution in [3.8, 4) is 0 Å². The van der Waals surface area contributed by atoms with Crippen LogP contribution in [0, 0.1) is 6.92 Å². The van der Waals surface area contributed by atoms with Crippen molar-refractivity contribution >= 4 is 17.8 Å². The van der Waals surface area contributed by atoms with Gasteiger partial charge in [0.15, 0.2) is 0 Å². The molecule has 0 atom stereocenters. The van der Waals surface area contributed by atoms with E-state index in [4.69, 9.17) is 4.42 Å². The fraction of sp³-hybridized carbons (Fsp3) is 0.200. The first kappa shape index (κ1) is 13.9. The van der Waals surface area contributed by atoms with Crippen molar-refractivity contribution in [2.75, 3.05) is 19.0 Å². The maximum atomic E-state index is 11.9. The van der Waals surface area contributed by atoms with E-state index in [0.29, 0.717) is 11.3 Å². The second kappa shape index (κ2) is 6.06. The second-order valence-electron chi connectivity index (χ2n) is 4.59. The van der Waals surface area contributed by atoms with Gasteiger partial charge in [0, 0.05) is 25.3 Å². The van der Waals surface area contributed by atoms with Crippen molar-refractivity contribution in [1.82, 2.24) is 5.43 Å². The van der Waals surface area contributed by atoms with Crippen LogP contribution in [0.1, 0.15) is 21.9 Å². The van der Waals surface area contributed by atoms with Crippen LogP contribution >= 0.6 is 0 Å². The number of hydrogen-bond donors (Lipinski definition) is 1. The van der Waals surface area contributed by atoms with E-state index in [-0.39, 0.29) is 5.91 Å². The molecule has 0 aliphatic rings. The van der Waals surface area contributed by atoms with Crippen LogP contribution in [0.3, 0.4) is 0 Å². The molecule has 1 heterocycles. The Morgan fingerprint density at radius 3 is 2.45 bits per heavy atom. The van der Waals surface area contributed by atoms with E-state index in [9.17, 15) is 4.79 Å². The quantitative estimate of drug-likeness (QED) is 0.686. The third-order valence-electron chi connectivity index (χ3n) is 2.76. The molecule has 1 aromatic carbocycles. The number of benzene rings is 1. The Labute approximate surface area is 117 Å². The van der Waals surface area contributed by atoms with Crippen LogP contribution in [0.15, 0.2) is 45.9 Å². The van der Waals surface area contributed by atoms with Crippen molar-refractivity contribution in [2.24, 2.45) is 5.10 Å². The standard InChI is InChI=1S/C15H17N3O2/c1-11-4-9-14(20-11)10-16-17-15(19)12-5-7-13(8-6-12)18(2)3/h4-10H,1-3H3,(H,17,19). The number of amides is 1. The molecule has 5 heteroatoms. The molecule has 0 fully saturated rings. The lowest BCUT2D eigenvalue weighted by Gasteiger charge is -2.12. The third-order valence-corrected chi connectivity index (χ3v) is 2.76. The molecule has 1 N–H and O–H groups in total. The summed E-state index contributed by atoms with van der Waals surface area (Å²) in [5.74, 6) is 1.15. The highest BCUT2D eigenvalue weighted by atomic mass is 16.3. The smallest absolute Gasteiger partial charge is 0.271 e. The topological polar surface area (TPSA) is 57.8 Å². The molecule has 1 amide bonds. The van der Waals surface area contributed by atoms with Crippen molar-refractivity contribution in [3.05, 3.63) is 53.5 Å². The van der Waals surface area contributed by atoms with Crippen molar-refractivity contribution in [3.63, 3.8) is 0 Å². The summed E-state index contributed by atoms with van der Waals surface area (Å²) in [5.41, 5.74) is 4.06. The highest BCUT2D eigenvalue weighted by molar-refractivity contribution is 5.95. The molecular weight excluding hydrogens is 254 g/mol. The van der Waals surface area contributed by atoms with Crippen molar-refractivity contribution < 1.29 is 9.21 Å². The predicted octanol–water partition coefficient (Wildman–Crippen LogP) is 2.42. The van der Waals surface area contributed by atoms with E-state index in [0.717, 1.165) is 11.4 Å². The van der Waals surface area contributed by atoms with Gasteiger partial charge in [0.05, 0.1) is 6.21 Å². The molecule has 0 bridgehead atoms. The Hall–Kier alpha value is -2.56. The zero-order chi connectivity index (χ0) is 14.5. The fourth-order valence-electron chi connectivity index (χ4n) is 1.65. The summed E-state index contributed by atoms with van der Waals surface area (Å²) in [6.07, 6.45) is 1.47. The second-order valence-corrected chi connectivity index (χ2v) is 4.59. The summed E-state index contributed by atoms with van der Waals surface area (Å²) in [5, 5.41) is 3.86. The Morgan fingerprint density at radius 1 is 1.20 bits per heavy atom. The number of carbonyl (C=O) groups is 1. The summed E-state index contributed by atoms with van der Waals surface area (Å²) in [6.45, 7) is 1.85. The van der Waals surface area contributed by atoms with Crippen LogP contribution < -0.4 is 10.3 Å². The molecule has 104 valence electrons. The number of furan rings is 1. The lowest BCUT2D eigenvalue weighted by atomic mass is 10.2. The van der Waals surface area contributed by atoms with E-state index in [1.54, 1.807) is 18.2 Å². The van der Waals surface area contributed by atoms with Crippen LogP contribution in [0.2, 0.25) is 0 Å². The first-order valence-corrected chi connectivity index (χ1v) is 6.23. The molecule has 0 saturated heterocycles. The van der Waals surface area contributed by atoms with Gasteiger partial charge in [-0.25, -0.2) is 5.43 Å². The van der Waals surface area contributed by atoms with Gasteiger partial charge in [-0.2, -0.15) is 5.10 Å². The van der Waals surface area contributed by atoms with Gasteiger partial charge >= 0.3 is 0 Å². The molecule has 1 aromatic heterocycles. The molecule has 2 rings (SSSR count). The Morgan fingerprint density at radius 2 is 1.90 bits per heavy atom. The number of anilines is 1. The minimum atomic E-state index is -0.255. The Kier molecular flexibility index (Phi) is 4.20. The zero-order valence-electron chi connectivity index (χ0n) is 11.8. The highest BCUT2D eigenvalue weighted by Crippen LogP contribution is 2.12. The Balaban J connectivity index is 1.96. The molecule has 0 radical (unpaired) electrons.